The fraction of sp³-hybridized carbons (Fsp3) is 0.636. The number of nitrogens with one attached hydrogen (secondary N) is 1. The van der Waals surface area contributed by atoms with E-state index < -0.39 is 0 Å². The average Bonchev–Trinajstić information content (AvgIpc) is 3.31. The number of hydrogen-bond acceptors (Lipinski definition) is 5. The van der Waals surface area contributed by atoms with E-state index in [4.69, 9.17) is 4.98 Å². The van der Waals surface area contributed by atoms with Gasteiger partial charge in [-0.3, -0.25) is 9.59 Å². The smallest absolute Gasteiger partial charge is 0.225 e. The van der Waals surface area contributed by atoms with Crippen molar-refractivity contribution in [1.29, 1.82) is 0 Å². The second-order valence-electron chi connectivity index (χ2n) is 9.36. The van der Waals surface area contributed by atoms with Crippen LogP contribution in [-0.2, 0) is 16.0 Å². The number of carbonyl (C=O) groups is 2. The summed E-state index contributed by atoms with van der Waals surface area (Å²) in [6.45, 7) is 11.1. The molecule has 1 aliphatic carbocycles. The van der Waals surface area contributed by atoms with Crippen LogP contribution in [0.25, 0.3) is 0 Å². The molecule has 0 bridgehead atoms. The summed E-state index contributed by atoms with van der Waals surface area (Å²) in [5.41, 5.74) is 2.11. The summed E-state index contributed by atoms with van der Waals surface area (Å²) in [5, 5.41) is 3.21. The summed E-state index contributed by atoms with van der Waals surface area (Å²) in [6.07, 6.45) is 7.98. The predicted octanol–water partition coefficient (Wildman–Crippen LogP) is 2.24. The molecule has 0 aromatic carbocycles. The van der Waals surface area contributed by atoms with Gasteiger partial charge in [-0.25, -0.2) is 9.97 Å². The molecule has 1 N–H and O–H groups in total. The quantitative estimate of drug-likeness (QED) is 0.771. The first-order valence-corrected chi connectivity index (χ1v) is 10.7. The summed E-state index contributed by atoms with van der Waals surface area (Å²) >= 11 is 0. The Morgan fingerprint density at radius 1 is 1.38 bits per heavy atom. The van der Waals surface area contributed by atoms with E-state index in [2.05, 4.69) is 35.6 Å². The normalized spacial score (nSPS) is 25.8. The van der Waals surface area contributed by atoms with Gasteiger partial charge in [0.1, 0.15) is 0 Å². The highest BCUT2D eigenvalue weighted by Gasteiger charge is 2.38. The monoisotopic (exact) mass is 397 g/mol. The molecular weight excluding hydrogens is 366 g/mol. The van der Waals surface area contributed by atoms with E-state index >= 15 is 0 Å². The third kappa shape index (κ3) is 4.14. The van der Waals surface area contributed by atoms with E-state index in [0.29, 0.717) is 13.1 Å². The summed E-state index contributed by atoms with van der Waals surface area (Å²) < 4.78 is 0. The second kappa shape index (κ2) is 7.76. The lowest BCUT2D eigenvalue weighted by molar-refractivity contribution is -0.129. The van der Waals surface area contributed by atoms with Gasteiger partial charge in [-0.1, -0.05) is 19.9 Å². The van der Waals surface area contributed by atoms with Crippen LogP contribution in [0, 0.1) is 11.3 Å². The summed E-state index contributed by atoms with van der Waals surface area (Å²) in [4.78, 5) is 38.5. The van der Waals surface area contributed by atoms with Gasteiger partial charge in [0.25, 0.3) is 0 Å². The molecule has 0 unspecified atom stereocenters. The fourth-order valence-electron chi connectivity index (χ4n) is 4.80. The van der Waals surface area contributed by atoms with Gasteiger partial charge in [-0.05, 0) is 31.1 Å². The minimum atomic E-state index is -0.305. The van der Waals surface area contributed by atoms with E-state index in [1.807, 2.05) is 6.20 Å². The Bertz CT molecular complexity index is 815. The van der Waals surface area contributed by atoms with Crippen molar-refractivity contribution in [2.75, 3.05) is 31.1 Å². The van der Waals surface area contributed by atoms with Gasteiger partial charge < -0.3 is 15.1 Å². The van der Waals surface area contributed by atoms with Crippen LogP contribution in [0.15, 0.2) is 18.9 Å². The molecule has 1 aromatic heterocycles. The number of rotatable bonds is 5. The van der Waals surface area contributed by atoms with Crippen molar-refractivity contribution >= 4 is 17.8 Å². The number of aromatic nitrogens is 2. The van der Waals surface area contributed by atoms with Crippen LogP contribution < -0.4 is 10.2 Å². The van der Waals surface area contributed by atoms with E-state index in [1.165, 1.54) is 12.8 Å². The van der Waals surface area contributed by atoms with Gasteiger partial charge in [0, 0.05) is 44.4 Å². The molecule has 7 nitrogen and oxygen atoms in total. The van der Waals surface area contributed by atoms with E-state index in [1.54, 1.807) is 11.0 Å². The molecule has 156 valence electrons. The Hall–Kier alpha value is -2.44. The molecule has 7 heteroatoms. The first-order chi connectivity index (χ1) is 13.9. The third-order valence-electron chi connectivity index (χ3n) is 6.31. The molecule has 2 amide bonds. The molecule has 0 saturated carbocycles. The number of amides is 2. The molecule has 2 aliphatic heterocycles. The number of anilines is 1. The Balaban J connectivity index is 1.51. The zero-order valence-corrected chi connectivity index (χ0v) is 17.5. The number of likely N-dealkylation sites (tertiary alicyclic amines) is 1. The van der Waals surface area contributed by atoms with Crippen LogP contribution in [-0.4, -0.2) is 52.9 Å². The number of fused-ring (bicyclic) bond motifs is 1. The van der Waals surface area contributed by atoms with Crippen LogP contribution in [0.4, 0.5) is 5.95 Å². The van der Waals surface area contributed by atoms with Crippen LogP contribution in [0.2, 0.25) is 0 Å². The van der Waals surface area contributed by atoms with E-state index in [9.17, 15) is 9.59 Å². The van der Waals surface area contributed by atoms with Crippen LogP contribution in [0.1, 0.15) is 56.8 Å². The topological polar surface area (TPSA) is 78.4 Å². The van der Waals surface area contributed by atoms with Gasteiger partial charge in [-0.2, -0.15) is 0 Å². The van der Waals surface area contributed by atoms with Crippen LogP contribution >= 0.6 is 0 Å². The van der Waals surface area contributed by atoms with Crippen molar-refractivity contribution in [3.8, 4) is 0 Å². The lowest BCUT2D eigenvalue weighted by atomic mass is 9.74. The fourth-order valence-corrected chi connectivity index (χ4v) is 4.80. The second-order valence-corrected chi connectivity index (χ2v) is 9.36. The molecule has 0 spiro atoms. The number of carbonyl (C=O) groups excluding carboxylic acids is 2. The zero-order chi connectivity index (χ0) is 20.6. The summed E-state index contributed by atoms with van der Waals surface area (Å²) in [5.74, 6) is 0.474. The molecule has 2 saturated heterocycles. The van der Waals surface area contributed by atoms with Gasteiger partial charge >= 0.3 is 0 Å². The molecule has 4 rings (SSSR count). The lowest BCUT2D eigenvalue weighted by Gasteiger charge is -2.37. The van der Waals surface area contributed by atoms with Crippen molar-refractivity contribution in [3.05, 3.63) is 30.1 Å². The SMILES string of the molecule is C=CCN1C[C@@H](C(=O)N[C@@H]2CC(C)(C)Cc3nc(N4CCCC4)ncc32)CC1=O. The summed E-state index contributed by atoms with van der Waals surface area (Å²) in [7, 11) is 0. The molecule has 3 aliphatic rings. The lowest BCUT2D eigenvalue weighted by Crippen LogP contribution is -2.40. The number of nitrogens with zero attached hydrogens (tertiary/aromatic N) is 4. The van der Waals surface area contributed by atoms with Crippen molar-refractivity contribution in [2.45, 2.75) is 52.0 Å². The first-order valence-electron chi connectivity index (χ1n) is 10.7. The van der Waals surface area contributed by atoms with E-state index in [-0.39, 0.29) is 35.6 Å². The minimum absolute atomic E-state index is 0.0213. The molecule has 1 aromatic rings. The Morgan fingerprint density at radius 3 is 2.86 bits per heavy atom. The average molecular weight is 398 g/mol. The molecule has 29 heavy (non-hydrogen) atoms. The number of hydrogen-bond donors (Lipinski definition) is 1. The molecule has 2 fully saturated rings. The van der Waals surface area contributed by atoms with Crippen LogP contribution in [0.5, 0.6) is 0 Å². The highest BCUT2D eigenvalue weighted by molar-refractivity contribution is 5.89. The van der Waals surface area contributed by atoms with Gasteiger partial charge in [0.15, 0.2) is 0 Å². The predicted molar refractivity (Wildman–Crippen MR) is 111 cm³/mol. The van der Waals surface area contributed by atoms with Crippen LogP contribution in [0.3, 0.4) is 0 Å². The van der Waals surface area contributed by atoms with Crippen molar-refractivity contribution < 1.29 is 9.59 Å². The van der Waals surface area contributed by atoms with Crippen molar-refractivity contribution in [2.24, 2.45) is 11.3 Å². The van der Waals surface area contributed by atoms with E-state index in [0.717, 1.165) is 43.1 Å². The van der Waals surface area contributed by atoms with Gasteiger partial charge in [-0.15, -0.1) is 6.58 Å². The maximum atomic E-state index is 12.9. The molecule has 0 radical (unpaired) electrons. The Morgan fingerprint density at radius 2 is 2.14 bits per heavy atom. The molecule has 2 atom stereocenters. The third-order valence-corrected chi connectivity index (χ3v) is 6.31. The Kier molecular flexibility index (Phi) is 5.32. The first kappa shape index (κ1) is 19.9. The molecular formula is C22H31N5O2. The van der Waals surface area contributed by atoms with Crippen molar-refractivity contribution in [1.82, 2.24) is 20.2 Å². The van der Waals surface area contributed by atoms with Gasteiger partial charge in [0.2, 0.25) is 17.8 Å². The zero-order valence-electron chi connectivity index (χ0n) is 17.5. The standard InChI is InChI=1S/C22H31N5O2/c1-4-7-27-14-15(10-19(27)28)20(29)24-17-11-22(2,3)12-18-16(17)13-23-21(25-18)26-8-5-6-9-26/h4,13,15,17H,1,5-12,14H2,2-3H3,(H,24,29)/t15-,17+/m0/s1. The van der Waals surface area contributed by atoms with Crippen molar-refractivity contribution in [3.63, 3.8) is 0 Å². The minimum Gasteiger partial charge on any atom is -0.349 e. The van der Waals surface area contributed by atoms with Gasteiger partial charge in [0.05, 0.1) is 17.7 Å². The summed E-state index contributed by atoms with van der Waals surface area (Å²) in [6, 6.07) is -0.113. The highest BCUT2D eigenvalue weighted by Crippen LogP contribution is 2.40. The maximum Gasteiger partial charge on any atom is 0.225 e. The highest BCUT2D eigenvalue weighted by atomic mass is 16.2. The molecule has 3 heterocycles. The maximum absolute atomic E-state index is 12.9. The largest absolute Gasteiger partial charge is 0.349 e. The Labute approximate surface area is 172 Å².